The Kier molecular flexibility index (Phi) is 6.27. The van der Waals surface area contributed by atoms with Gasteiger partial charge < -0.3 is 0 Å². The molecular weight excluding hydrogens is 348 g/mol. The summed E-state index contributed by atoms with van der Waals surface area (Å²) in [5.74, 6) is 1.82. The van der Waals surface area contributed by atoms with Gasteiger partial charge in [0, 0.05) is 29.1 Å². The minimum atomic E-state index is -0.0902. The average molecular weight is 383 g/mol. The van der Waals surface area contributed by atoms with Crippen molar-refractivity contribution in [3.63, 3.8) is 0 Å². The Hall–Kier alpha value is -2.30. The van der Waals surface area contributed by atoms with E-state index in [0.717, 1.165) is 23.8 Å². The summed E-state index contributed by atoms with van der Waals surface area (Å²) in [5, 5.41) is 0. The maximum Gasteiger partial charge on any atom is 0.231 e. The van der Waals surface area contributed by atoms with Gasteiger partial charge in [-0.3, -0.25) is 9.69 Å². The Morgan fingerprint density at radius 1 is 1.00 bits per heavy atom. The van der Waals surface area contributed by atoms with Crippen molar-refractivity contribution in [2.45, 2.75) is 73.1 Å². The van der Waals surface area contributed by atoms with Crippen molar-refractivity contribution in [2.75, 3.05) is 11.4 Å². The normalized spacial score (nSPS) is 12.4. The highest BCUT2D eigenvalue weighted by molar-refractivity contribution is 5.93. The van der Waals surface area contributed by atoms with Crippen molar-refractivity contribution in [2.24, 2.45) is 5.92 Å². The van der Waals surface area contributed by atoms with Gasteiger partial charge in [0.2, 0.25) is 5.95 Å². The van der Waals surface area contributed by atoms with Gasteiger partial charge in [0.25, 0.3) is 0 Å². The monoisotopic (exact) mass is 382 g/mol. The summed E-state index contributed by atoms with van der Waals surface area (Å²) in [5.41, 5.74) is 2.45. The molecule has 2 aromatic heterocycles. The summed E-state index contributed by atoms with van der Waals surface area (Å²) in [4.78, 5) is 28.0. The summed E-state index contributed by atoms with van der Waals surface area (Å²) in [6.45, 7) is 19.6. The Labute approximate surface area is 169 Å². The minimum absolute atomic E-state index is 0.00968. The van der Waals surface area contributed by atoms with Gasteiger partial charge in [0.05, 0.1) is 11.4 Å². The molecule has 2 rings (SSSR count). The fraction of sp³-hybridized carbons (Fsp3) is 0.565. The molecule has 0 aliphatic rings. The van der Waals surface area contributed by atoms with E-state index >= 15 is 0 Å². The fourth-order valence-electron chi connectivity index (χ4n) is 2.72. The second-order valence-corrected chi connectivity index (χ2v) is 9.90. The van der Waals surface area contributed by atoms with Gasteiger partial charge in [0.15, 0.2) is 5.78 Å². The lowest BCUT2D eigenvalue weighted by atomic mass is 9.86. The molecular formula is C23H34N4O. The number of rotatable bonds is 5. The van der Waals surface area contributed by atoms with Gasteiger partial charge in [-0.05, 0) is 31.0 Å². The van der Waals surface area contributed by atoms with Crippen LogP contribution in [0.5, 0.6) is 0 Å². The van der Waals surface area contributed by atoms with Crippen LogP contribution in [0.25, 0.3) is 0 Å². The molecule has 0 aliphatic heterocycles. The van der Waals surface area contributed by atoms with E-state index < -0.39 is 0 Å². The molecule has 0 N–H and O–H groups in total. The van der Waals surface area contributed by atoms with Crippen molar-refractivity contribution in [1.82, 2.24) is 15.0 Å². The Bertz CT molecular complexity index is 795. The van der Waals surface area contributed by atoms with Gasteiger partial charge in [-0.1, -0.05) is 55.4 Å². The summed E-state index contributed by atoms with van der Waals surface area (Å²) in [7, 11) is 0. The van der Waals surface area contributed by atoms with Gasteiger partial charge in [-0.25, -0.2) is 15.0 Å². The lowest BCUT2D eigenvalue weighted by Crippen LogP contribution is -2.29. The molecule has 5 heteroatoms. The maximum absolute atomic E-state index is 11.6. The smallest absolute Gasteiger partial charge is 0.231 e. The van der Waals surface area contributed by atoms with E-state index in [0.29, 0.717) is 17.4 Å². The number of hydrogen-bond acceptors (Lipinski definition) is 5. The second kappa shape index (κ2) is 7.98. The largest absolute Gasteiger partial charge is 0.295 e. The van der Waals surface area contributed by atoms with Crippen molar-refractivity contribution in [3.05, 3.63) is 41.3 Å². The molecule has 0 aromatic carbocycles. The number of Topliss-reactive ketones (excluding diaryl/α,β-unsaturated/α-hetero) is 1. The van der Waals surface area contributed by atoms with Crippen LogP contribution in [0.3, 0.4) is 0 Å². The van der Waals surface area contributed by atoms with Crippen LogP contribution in [-0.4, -0.2) is 27.3 Å². The standard InChI is InChI=1S/C23H34N4O/c1-15(2)14-27(20-11-10-17(13-24-20)16(3)28)21-25-18(22(4,5)6)12-19(26-21)23(7,8)9/h10-13,15H,14H2,1-9H3. The number of carbonyl (C=O) groups excluding carboxylic acids is 1. The molecule has 0 atom stereocenters. The number of pyridine rings is 1. The van der Waals surface area contributed by atoms with Crippen molar-refractivity contribution < 1.29 is 4.79 Å². The number of anilines is 2. The molecule has 0 radical (unpaired) electrons. The first-order chi connectivity index (χ1) is 12.8. The summed E-state index contributed by atoms with van der Waals surface area (Å²) >= 11 is 0. The molecule has 0 unspecified atom stereocenters. The van der Waals surface area contributed by atoms with Crippen LogP contribution < -0.4 is 4.90 Å². The van der Waals surface area contributed by atoms with E-state index in [9.17, 15) is 4.79 Å². The number of aromatic nitrogens is 3. The Balaban J connectivity index is 2.63. The van der Waals surface area contributed by atoms with Crippen LogP contribution in [0.2, 0.25) is 0 Å². The predicted octanol–water partition coefficient (Wildman–Crippen LogP) is 5.46. The zero-order valence-corrected chi connectivity index (χ0v) is 18.8. The first-order valence-corrected chi connectivity index (χ1v) is 9.93. The molecule has 0 aliphatic carbocycles. The molecule has 5 nitrogen and oxygen atoms in total. The van der Waals surface area contributed by atoms with E-state index in [1.54, 1.807) is 13.1 Å². The van der Waals surface area contributed by atoms with Crippen LogP contribution in [0.15, 0.2) is 24.4 Å². The number of hydrogen-bond donors (Lipinski definition) is 0. The van der Waals surface area contributed by atoms with Crippen molar-refractivity contribution >= 4 is 17.5 Å². The molecule has 0 bridgehead atoms. The van der Waals surface area contributed by atoms with Crippen LogP contribution in [0.1, 0.15) is 84.1 Å². The Morgan fingerprint density at radius 2 is 1.54 bits per heavy atom. The molecule has 152 valence electrons. The summed E-state index contributed by atoms with van der Waals surface area (Å²) in [6.07, 6.45) is 1.63. The van der Waals surface area contributed by atoms with Crippen LogP contribution >= 0.6 is 0 Å². The average Bonchev–Trinajstić information content (AvgIpc) is 2.57. The highest BCUT2D eigenvalue weighted by Gasteiger charge is 2.26. The maximum atomic E-state index is 11.6. The van der Waals surface area contributed by atoms with Crippen molar-refractivity contribution in [1.29, 1.82) is 0 Å². The van der Waals surface area contributed by atoms with E-state index in [1.165, 1.54) is 0 Å². The molecule has 0 saturated heterocycles. The van der Waals surface area contributed by atoms with Gasteiger partial charge in [-0.2, -0.15) is 0 Å². The first-order valence-electron chi connectivity index (χ1n) is 9.93. The lowest BCUT2D eigenvalue weighted by Gasteiger charge is -2.29. The van der Waals surface area contributed by atoms with Crippen LogP contribution in [0, 0.1) is 5.92 Å². The van der Waals surface area contributed by atoms with Crippen molar-refractivity contribution in [3.8, 4) is 0 Å². The molecule has 2 heterocycles. The van der Waals surface area contributed by atoms with E-state index in [-0.39, 0.29) is 16.6 Å². The molecule has 28 heavy (non-hydrogen) atoms. The third kappa shape index (κ3) is 5.37. The number of ketones is 1. The predicted molar refractivity (Wildman–Crippen MR) is 116 cm³/mol. The van der Waals surface area contributed by atoms with E-state index in [2.05, 4.69) is 71.3 Å². The number of nitrogens with zero attached hydrogens (tertiary/aromatic N) is 4. The fourth-order valence-corrected chi connectivity index (χ4v) is 2.72. The summed E-state index contributed by atoms with van der Waals surface area (Å²) < 4.78 is 0. The van der Waals surface area contributed by atoms with Gasteiger partial charge in [-0.15, -0.1) is 0 Å². The minimum Gasteiger partial charge on any atom is -0.295 e. The van der Waals surface area contributed by atoms with Gasteiger partial charge >= 0.3 is 0 Å². The number of carbonyl (C=O) groups is 1. The highest BCUT2D eigenvalue weighted by atomic mass is 16.1. The van der Waals surface area contributed by atoms with E-state index in [4.69, 9.17) is 9.97 Å². The molecule has 0 fully saturated rings. The second-order valence-electron chi connectivity index (χ2n) is 9.90. The molecule has 0 amide bonds. The third-order valence-corrected chi connectivity index (χ3v) is 4.47. The Morgan fingerprint density at radius 3 is 1.89 bits per heavy atom. The third-order valence-electron chi connectivity index (χ3n) is 4.47. The zero-order valence-electron chi connectivity index (χ0n) is 18.8. The molecule has 0 spiro atoms. The summed E-state index contributed by atoms with van der Waals surface area (Å²) in [6, 6.07) is 5.81. The molecule has 2 aromatic rings. The lowest BCUT2D eigenvalue weighted by molar-refractivity contribution is 0.101. The quantitative estimate of drug-likeness (QED) is 0.642. The SMILES string of the molecule is CC(=O)c1ccc(N(CC(C)C)c2nc(C(C)(C)C)cc(C(C)(C)C)n2)nc1. The van der Waals surface area contributed by atoms with Crippen LogP contribution in [-0.2, 0) is 10.8 Å². The molecule has 0 saturated carbocycles. The van der Waals surface area contributed by atoms with Gasteiger partial charge in [0.1, 0.15) is 5.82 Å². The first kappa shape index (κ1) is 22.0. The van der Waals surface area contributed by atoms with Crippen LogP contribution in [0.4, 0.5) is 11.8 Å². The zero-order chi connectivity index (χ0) is 21.3. The highest BCUT2D eigenvalue weighted by Crippen LogP contribution is 2.30. The topological polar surface area (TPSA) is 59.0 Å². The van der Waals surface area contributed by atoms with E-state index in [1.807, 2.05) is 12.1 Å².